The normalized spacial score (nSPS) is 15.6. The number of rotatable bonds is 4. The zero-order valence-electron chi connectivity index (χ0n) is 13.3. The Hall–Kier alpha value is -1.07. The number of likely N-dealkylation sites (tertiary alicyclic amines) is 1. The highest BCUT2D eigenvalue weighted by molar-refractivity contribution is 8.23. The number of nitrogens with zero attached hydrogens (tertiary/aromatic N) is 1. The smallest absolute Gasteiger partial charge is 0.234 e. The predicted octanol–water partition coefficient (Wildman–Crippen LogP) is 3.94. The summed E-state index contributed by atoms with van der Waals surface area (Å²) in [6, 6.07) is 7.94. The van der Waals surface area contributed by atoms with Crippen molar-refractivity contribution in [3.63, 3.8) is 0 Å². The molecule has 0 aliphatic carbocycles. The fraction of sp³-hybridized carbons (Fsp3) is 0.529. The maximum Gasteiger partial charge on any atom is 0.234 e. The number of anilines is 1. The minimum absolute atomic E-state index is 0.0126. The van der Waals surface area contributed by atoms with Crippen molar-refractivity contribution in [2.45, 2.75) is 33.1 Å². The van der Waals surface area contributed by atoms with Gasteiger partial charge in [-0.3, -0.25) is 4.79 Å². The summed E-state index contributed by atoms with van der Waals surface area (Å²) in [5.74, 6) is 1.18. The van der Waals surface area contributed by atoms with Crippen LogP contribution in [0.3, 0.4) is 0 Å². The molecule has 1 aromatic carbocycles. The van der Waals surface area contributed by atoms with Gasteiger partial charge in [0.25, 0.3) is 0 Å². The van der Waals surface area contributed by atoms with Crippen molar-refractivity contribution >= 4 is 39.9 Å². The molecule has 1 saturated heterocycles. The summed E-state index contributed by atoms with van der Waals surface area (Å²) in [6.45, 7) is 6.42. The van der Waals surface area contributed by atoms with Crippen LogP contribution in [0.4, 0.5) is 5.69 Å². The van der Waals surface area contributed by atoms with E-state index in [1.54, 1.807) is 0 Å². The van der Waals surface area contributed by atoms with Crippen molar-refractivity contribution in [1.29, 1.82) is 0 Å². The molecule has 1 aliphatic heterocycles. The van der Waals surface area contributed by atoms with Gasteiger partial charge >= 0.3 is 0 Å². The Labute approximate surface area is 142 Å². The van der Waals surface area contributed by atoms with E-state index in [0.717, 1.165) is 41.0 Å². The van der Waals surface area contributed by atoms with Crippen LogP contribution in [0.15, 0.2) is 24.3 Å². The number of carbonyl (C=O) groups excluding carboxylic acids is 1. The van der Waals surface area contributed by atoms with Crippen LogP contribution in [0.5, 0.6) is 0 Å². The molecule has 1 amide bonds. The Morgan fingerprint density at radius 3 is 2.73 bits per heavy atom. The van der Waals surface area contributed by atoms with Crippen molar-refractivity contribution in [1.82, 2.24) is 4.90 Å². The molecule has 0 atom stereocenters. The summed E-state index contributed by atoms with van der Waals surface area (Å²) in [7, 11) is 0. The van der Waals surface area contributed by atoms with Gasteiger partial charge in [0.05, 0.1) is 5.75 Å². The molecule has 0 radical (unpaired) electrons. The molecule has 0 unspecified atom stereocenters. The number of thioether (sulfide) groups is 1. The molecular formula is C17H24N2OS2. The van der Waals surface area contributed by atoms with E-state index in [4.69, 9.17) is 12.2 Å². The first-order valence-electron chi connectivity index (χ1n) is 7.89. The number of carbonyl (C=O) groups is 1. The lowest BCUT2D eigenvalue weighted by Crippen LogP contribution is -2.36. The van der Waals surface area contributed by atoms with Crippen LogP contribution in [0.1, 0.15) is 32.3 Å². The van der Waals surface area contributed by atoms with Crippen LogP contribution in [0.2, 0.25) is 0 Å². The van der Waals surface area contributed by atoms with E-state index in [1.165, 1.54) is 24.6 Å². The topological polar surface area (TPSA) is 32.3 Å². The molecule has 2 rings (SSSR count). The highest BCUT2D eigenvalue weighted by Gasteiger charge is 2.18. The molecule has 1 heterocycles. The maximum atomic E-state index is 12.1. The van der Waals surface area contributed by atoms with Crippen molar-refractivity contribution in [3.05, 3.63) is 29.8 Å². The summed E-state index contributed by atoms with van der Waals surface area (Å²) in [5.41, 5.74) is 2.07. The minimum atomic E-state index is 0.0126. The Kier molecular flexibility index (Phi) is 6.70. The second-order valence-corrected chi connectivity index (χ2v) is 7.39. The summed E-state index contributed by atoms with van der Waals surface area (Å²) >= 11 is 6.92. The third kappa shape index (κ3) is 4.99. The largest absolute Gasteiger partial charge is 0.357 e. The number of thiocarbonyl (C=S) groups is 1. The molecular weight excluding hydrogens is 312 g/mol. The molecule has 1 N–H and O–H groups in total. The summed E-state index contributed by atoms with van der Waals surface area (Å²) in [4.78, 5) is 14.3. The average molecular weight is 337 g/mol. The molecule has 0 spiro atoms. The van der Waals surface area contributed by atoms with Gasteiger partial charge in [-0.1, -0.05) is 56.0 Å². The first-order chi connectivity index (χ1) is 10.6. The average Bonchev–Trinajstić information content (AvgIpc) is 2.54. The van der Waals surface area contributed by atoms with Crippen LogP contribution in [0, 0.1) is 5.92 Å². The van der Waals surface area contributed by atoms with E-state index in [1.807, 2.05) is 24.3 Å². The number of benzene rings is 1. The molecule has 5 heteroatoms. The third-order valence-corrected chi connectivity index (χ3v) is 5.56. The molecule has 0 saturated carbocycles. The molecule has 0 bridgehead atoms. The molecule has 22 heavy (non-hydrogen) atoms. The van der Waals surface area contributed by atoms with Gasteiger partial charge in [0, 0.05) is 18.8 Å². The number of nitrogens with one attached hydrogen (secondary N) is 1. The van der Waals surface area contributed by atoms with Gasteiger partial charge in [-0.05, 0) is 36.8 Å². The summed E-state index contributed by atoms with van der Waals surface area (Å²) < 4.78 is 0.853. The van der Waals surface area contributed by atoms with Crippen molar-refractivity contribution in [2.24, 2.45) is 5.92 Å². The molecule has 120 valence electrons. The standard InChI is InChI=1S/C17H24N2OS2/c1-3-14-6-4-5-7-15(14)18-16(20)12-22-17(21)19-10-8-13(2)9-11-19/h4-7,13H,3,8-12H2,1-2H3,(H,18,20). The molecule has 0 aromatic heterocycles. The number of amides is 1. The van der Waals surface area contributed by atoms with Crippen LogP contribution in [-0.2, 0) is 11.2 Å². The molecule has 1 fully saturated rings. The zero-order valence-corrected chi connectivity index (χ0v) is 14.9. The lowest BCUT2D eigenvalue weighted by molar-refractivity contribution is -0.113. The Morgan fingerprint density at radius 1 is 1.36 bits per heavy atom. The molecule has 3 nitrogen and oxygen atoms in total. The SMILES string of the molecule is CCc1ccccc1NC(=O)CSC(=S)N1CCC(C)CC1. The van der Waals surface area contributed by atoms with Gasteiger partial charge in [-0.15, -0.1) is 0 Å². The van der Waals surface area contributed by atoms with Crippen LogP contribution in [0.25, 0.3) is 0 Å². The highest BCUT2D eigenvalue weighted by atomic mass is 32.2. The number of hydrogen-bond acceptors (Lipinski definition) is 3. The molecule has 1 aromatic rings. The van der Waals surface area contributed by atoms with Crippen molar-refractivity contribution in [2.75, 3.05) is 24.2 Å². The van der Waals surface area contributed by atoms with Gasteiger partial charge in [-0.25, -0.2) is 0 Å². The Balaban J connectivity index is 1.79. The van der Waals surface area contributed by atoms with Crippen LogP contribution in [-0.4, -0.2) is 34.0 Å². The van der Waals surface area contributed by atoms with E-state index in [9.17, 15) is 4.79 Å². The van der Waals surface area contributed by atoms with E-state index in [-0.39, 0.29) is 5.91 Å². The van der Waals surface area contributed by atoms with E-state index >= 15 is 0 Å². The van der Waals surface area contributed by atoms with Gasteiger partial charge in [0.2, 0.25) is 5.91 Å². The van der Waals surface area contributed by atoms with Gasteiger partial charge in [0.1, 0.15) is 4.32 Å². The number of aryl methyl sites for hydroxylation is 1. The minimum Gasteiger partial charge on any atom is -0.357 e. The molecule has 1 aliphatic rings. The van der Waals surface area contributed by atoms with Crippen LogP contribution < -0.4 is 5.32 Å². The Morgan fingerprint density at radius 2 is 2.05 bits per heavy atom. The first kappa shape index (κ1) is 17.3. The first-order valence-corrected chi connectivity index (χ1v) is 9.29. The van der Waals surface area contributed by atoms with Crippen LogP contribution >= 0.6 is 24.0 Å². The quantitative estimate of drug-likeness (QED) is 0.844. The number of hydrogen-bond donors (Lipinski definition) is 1. The lowest BCUT2D eigenvalue weighted by atomic mass is 10.00. The zero-order chi connectivity index (χ0) is 15.9. The maximum absolute atomic E-state index is 12.1. The Bertz CT molecular complexity index is 525. The van der Waals surface area contributed by atoms with E-state index in [2.05, 4.69) is 24.1 Å². The second kappa shape index (κ2) is 8.53. The van der Waals surface area contributed by atoms with Gasteiger partial charge < -0.3 is 10.2 Å². The van der Waals surface area contributed by atoms with E-state index < -0.39 is 0 Å². The fourth-order valence-corrected chi connectivity index (χ4v) is 3.60. The van der Waals surface area contributed by atoms with Crippen molar-refractivity contribution < 1.29 is 4.79 Å². The highest BCUT2D eigenvalue weighted by Crippen LogP contribution is 2.21. The predicted molar refractivity (Wildman–Crippen MR) is 99.5 cm³/mol. The summed E-state index contributed by atoms with van der Waals surface area (Å²) in [6.07, 6.45) is 3.29. The monoisotopic (exact) mass is 336 g/mol. The second-order valence-electron chi connectivity index (χ2n) is 5.78. The van der Waals surface area contributed by atoms with E-state index in [0.29, 0.717) is 5.75 Å². The lowest BCUT2D eigenvalue weighted by Gasteiger charge is -2.31. The van der Waals surface area contributed by atoms with Crippen molar-refractivity contribution in [3.8, 4) is 0 Å². The number of para-hydroxylation sites is 1. The fourth-order valence-electron chi connectivity index (χ4n) is 2.55. The third-order valence-electron chi connectivity index (χ3n) is 4.04. The van der Waals surface area contributed by atoms with Gasteiger partial charge in [0.15, 0.2) is 0 Å². The van der Waals surface area contributed by atoms with Gasteiger partial charge in [-0.2, -0.15) is 0 Å². The number of piperidine rings is 1. The summed E-state index contributed by atoms with van der Waals surface area (Å²) in [5, 5.41) is 2.99.